The van der Waals surface area contributed by atoms with Gasteiger partial charge in [-0.2, -0.15) is 0 Å². The number of esters is 1. The molecule has 0 aliphatic rings. The summed E-state index contributed by atoms with van der Waals surface area (Å²) in [5, 5.41) is 7.89. The third-order valence-electron chi connectivity index (χ3n) is 1.83. The third-order valence-corrected chi connectivity index (χ3v) is 4.92. The fourth-order valence-corrected chi connectivity index (χ4v) is 3.37. The minimum Gasteiger partial charge on any atom is -0.466 e. The fourth-order valence-electron chi connectivity index (χ4n) is 1.03. The monoisotopic (exact) mass is 306 g/mol. The second-order valence-electron chi connectivity index (χ2n) is 3.17. The van der Waals surface area contributed by atoms with Crippen molar-refractivity contribution in [1.29, 1.82) is 0 Å². The van der Waals surface area contributed by atoms with Gasteiger partial charge in [-0.25, -0.2) is 0 Å². The van der Waals surface area contributed by atoms with Gasteiger partial charge >= 0.3 is 5.97 Å². The van der Waals surface area contributed by atoms with E-state index in [9.17, 15) is 9.59 Å². The first-order chi connectivity index (χ1) is 8.65. The zero-order valence-corrected chi connectivity index (χ0v) is 12.6. The molecule has 5 nitrogen and oxygen atoms in total. The molecule has 8 heteroatoms. The van der Waals surface area contributed by atoms with Crippen molar-refractivity contribution in [2.45, 2.75) is 28.4 Å². The number of carbonyl (C=O) groups is 2. The molecule has 100 valence electrons. The highest BCUT2D eigenvalue weighted by Gasteiger charge is 2.10. The average molecular weight is 306 g/mol. The molecule has 1 heterocycles. The average Bonchev–Trinajstić information content (AvgIpc) is 2.82. The number of hydrogen-bond acceptors (Lipinski definition) is 8. The summed E-state index contributed by atoms with van der Waals surface area (Å²) >= 11 is 4.36. The predicted molar refractivity (Wildman–Crippen MR) is 73.3 cm³/mol. The van der Waals surface area contributed by atoms with Gasteiger partial charge in [-0.05, 0) is 13.2 Å². The van der Waals surface area contributed by atoms with E-state index in [-0.39, 0.29) is 24.6 Å². The highest BCUT2D eigenvalue weighted by molar-refractivity contribution is 8.03. The SMILES string of the molecule is CCOC(=O)CCC(=O)CSc1nnc(SC)s1. The molecule has 18 heavy (non-hydrogen) atoms. The van der Waals surface area contributed by atoms with Gasteiger partial charge in [-0.1, -0.05) is 34.9 Å². The number of ether oxygens (including phenoxy) is 1. The Hall–Kier alpha value is -0.600. The van der Waals surface area contributed by atoms with Gasteiger partial charge in [0.15, 0.2) is 8.68 Å². The summed E-state index contributed by atoms with van der Waals surface area (Å²) in [6.45, 7) is 2.10. The molecule has 0 aliphatic carbocycles. The smallest absolute Gasteiger partial charge is 0.306 e. The van der Waals surface area contributed by atoms with Gasteiger partial charge in [0, 0.05) is 6.42 Å². The van der Waals surface area contributed by atoms with Crippen LogP contribution in [-0.4, -0.2) is 40.6 Å². The summed E-state index contributed by atoms with van der Waals surface area (Å²) in [7, 11) is 0. The summed E-state index contributed by atoms with van der Waals surface area (Å²) in [6.07, 6.45) is 2.30. The van der Waals surface area contributed by atoms with Crippen LogP contribution in [0, 0.1) is 0 Å². The van der Waals surface area contributed by atoms with Crippen LogP contribution in [-0.2, 0) is 14.3 Å². The van der Waals surface area contributed by atoms with Crippen LogP contribution in [0.2, 0.25) is 0 Å². The quantitative estimate of drug-likeness (QED) is 0.539. The number of thioether (sulfide) groups is 2. The maximum absolute atomic E-state index is 11.5. The molecule has 0 atom stereocenters. The van der Waals surface area contributed by atoms with Gasteiger partial charge in [-0.15, -0.1) is 10.2 Å². The van der Waals surface area contributed by atoms with Crippen molar-refractivity contribution in [3.05, 3.63) is 0 Å². The lowest BCUT2D eigenvalue weighted by Gasteiger charge is -2.00. The summed E-state index contributed by atoms with van der Waals surface area (Å²) in [4.78, 5) is 22.6. The van der Waals surface area contributed by atoms with Crippen LogP contribution in [0.5, 0.6) is 0 Å². The van der Waals surface area contributed by atoms with E-state index in [1.165, 1.54) is 34.9 Å². The first-order valence-corrected chi connectivity index (χ1v) is 8.36. The van der Waals surface area contributed by atoms with Crippen LogP contribution in [0.4, 0.5) is 0 Å². The van der Waals surface area contributed by atoms with Crippen molar-refractivity contribution in [1.82, 2.24) is 10.2 Å². The molecule has 0 bridgehead atoms. The molecule has 0 radical (unpaired) electrons. The van der Waals surface area contributed by atoms with Gasteiger partial charge in [0.25, 0.3) is 0 Å². The van der Waals surface area contributed by atoms with Crippen LogP contribution in [0.25, 0.3) is 0 Å². The van der Waals surface area contributed by atoms with Gasteiger partial charge in [0.2, 0.25) is 0 Å². The molecule has 1 aromatic heterocycles. The molecule has 0 aromatic carbocycles. The van der Waals surface area contributed by atoms with Crippen molar-refractivity contribution in [2.24, 2.45) is 0 Å². The normalized spacial score (nSPS) is 10.3. The molecule has 0 N–H and O–H groups in total. The van der Waals surface area contributed by atoms with Crippen LogP contribution in [0.3, 0.4) is 0 Å². The van der Waals surface area contributed by atoms with Crippen molar-refractivity contribution in [2.75, 3.05) is 18.6 Å². The molecule has 0 fully saturated rings. The Morgan fingerprint density at radius 2 is 2.00 bits per heavy atom. The number of carbonyl (C=O) groups excluding carboxylic acids is 2. The Morgan fingerprint density at radius 1 is 1.28 bits per heavy atom. The Morgan fingerprint density at radius 3 is 2.61 bits per heavy atom. The lowest BCUT2D eigenvalue weighted by molar-refractivity contribution is -0.144. The van der Waals surface area contributed by atoms with E-state index in [4.69, 9.17) is 4.74 Å². The molecule has 1 aromatic rings. The van der Waals surface area contributed by atoms with Gasteiger partial charge < -0.3 is 4.74 Å². The molecular formula is C10H14N2O3S3. The molecule has 0 aliphatic heterocycles. The van der Waals surface area contributed by atoms with E-state index in [1.54, 1.807) is 6.92 Å². The number of nitrogens with zero attached hydrogens (tertiary/aromatic N) is 2. The number of rotatable bonds is 8. The van der Waals surface area contributed by atoms with E-state index in [1.807, 2.05) is 6.26 Å². The Balaban J connectivity index is 2.22. The highest BCUT2D eigenvalue weighted by Crippen LogP contribution is 2.27. The zero-order valence-electron chi connectivity index (χ0n) is 10.2. The summed E-state index contributed by atoms with van der Waals surface area (Å²) in [6, 6.07) is 0. The largest absolute Gasteiger partial charge is 0.466 e. The topological polar surface area (TPSA) is 69.2 Å². The van der Waals surface area contributed by atoms with Crippen molar-refractivity contribution in [3.63, 3.8) is 0 Å². The summed E-state index contributed by atoms with van der Waals surface area (Å²) in [5.41, 5.74) is 0. The molecule has 0 spiro atoms. The Bertz CT molecular complexity index is 409. The molecule has 1 rings (SSSR count). The van der Waals surface area contributed by atoms with Crippen LogP contribution < -0.4 is 0 Å². The maximum Gasteiger partial charge on any atom is 0.306 e. The van der Waals surface area contributed by atoms with Gasteiger partial charge in [-0.3, -0.25) is 9.59 Å². The van der Waals surface area contributed by atoms with Crippen molar-refractivity contribution >= 4 is 46.6 Å². The summed E-state index contributed by atoms with van der Waals surface area (Å²) < 4.78 is 6.42. The van der Waals surface area contributed by atoms with E-state index in [0.29, 0.717) is 12.4 Å². The van der Waals surface area contributed by atoms with Crippen LogP contribution in [0.1, 0.15) is 19.8 Å². The van der Waals surface area contributed by atoms with Crippen molar-refractivity contribution in [3.8, 4) is 0 Å². The summed E-state index contributed by atoms with van der Waals surface area (Å²) in [5.74, 6) is 0.0213. The number of ketones is 1. The van der Waals surface area contributed by atoms with Gasteiger partial charge in [0.1, 0.15) is 5.78 Å². The van der Waals surface area contributed by atoms with Crippen molar-refractivity contribution < 1.29 is 14.3 Å². The second-order valence-corrected chi connectivity index (χ2v) is 6.42. The first kappa shape index (κ1) is 15.5. The van der Waals surface area contributed by atoms with E-state index >= 15 is 0 Å². The Labute approximate surface area is 118 Å². The van der Waals surface area contributed by atoms with Gasteiger partial charge in [0.05, 0.1) is 18.8 Å². The number of Topliss-reactive ketones (excluding diaryl/α,β-unsaturated/α-hetero) is 1. The number of hydrogen-bond donors (Lipinski definition) is 0. The molecule has 0 unspecified atom stereocenters. The Kier molecular flexibility index (Phi) is 7.29. The molecule has 0 saturated heterocycles. The van der Waals surface area contributed by atoms with E-state index in [2.05, 4.69) is 10.2 Å². The maximum atomic E-state index is 11.5. The van der Waals surface area contributed by atoms with E-state index in [0.717, 1.165) is 8.68 Å². The standard InChI is InChI=1S/C10H14N2O3S3/c1-3-15-8(14)5-4-7(13)6-17-10-12-11-9(16-2)18-10/h3-6H2,1-2H3. The zero-order chi connectivity index (χ0) is 13.4. The second kappa shape index (κ2) is 8.49. The minimum absolute atomic E-state index is 0.0222. The predicted octanol–water partition coefficient (Wildman–Crippen LogP) is 2.26. The van der Waals surface area contributed by atoms with E-state index < -0.39 is 0 Å². The number of aromatic nitrogens is 2. The van der Waals surface area contributed by atoms with Crippen LogP contribution >= 0.6 is 34.9 Å². The lowest BCUT2D eigenvalue weighted by atomic mass is 10.2. The fraction of sp³-hybridized carbons (Fsp3) is 0.600. The minimum atomic E-state index is -0.323. The molecular weight excluding hydrogens is 292 g/mol. The van der Waals surface area contributed by atoms with Crippen LogP contribution in [0.15, 0.2) is 8.68 Å². The lowest BCUT2D eigenvalue weighted by Crippen LogP contribution is -2.08. The molecule has 0 saturated carbocycles. The third kappa shape index (κ3) is 5.83. The highest BCUT2D eigenvalue weighted by atomic mass is 32.2. The first-order valence-electron chi connectivity index (χ1n) is 5.33. The molecule has 0 amide bonds.